The summed E-state index contributed by atoms with van der Waals surface area (Å²) >= 11 is 13.1. The van der Waals surface area contributed by atoms with Gasteiger partial charge in [0.25, 0.3) is 5.91 Å². The fourth-order valence-electron chi connectivity index (χ4n) is 1.69. The van der Waals surface area contributed by atoms with Crippen molar-refractivity contribution in [2.75, 3.05) is 17.3 Å². The Morgan fingerprint density at radius 2 is 2.08 bits per heavy atom. The smallest absolute Gasteiger partial charge is 0.329 e. The molecule has 4 N–H and O–H groups in total. The van der Waals surface area contributed by atoms with Crippen LogP contribution in [0.4, 0.5) is 10.6 Å². The molecular weight excluding hydrogens is 391 g/mol. The first kappa shape index (κ1) is 21.3. The number of aromatic nitrogens is 1. The fraction of sp³-hybridized carbons (Fsp3) is 0.429. The highest BCUT2D eigenvalue weighted by atomic mass is 35.5. The number of carbonyl (C=O) groups excluding carboxylic acids is 3. The molecule has 0 spiro atoms. The second-order valence-corrected chi connectivity index (χ2v) is 6.72. The first-order valence-corrected chi connectivity index (χ1v) is 9.26. The van der Waals surface area contributed by atoms with Crippen molar-refractivity contribution in [1.82, 2.24) is 10.3 Å². The summed E-state index contributed by atoms with van der Waals surface area (Å²) < 4.78 is 5.08. The van der Waals surface area contributed by atoms with E-state index in [2.05, 4.69) is 15.6 Å². The largest absolute Gasteiger partial charge is 0.451 e. The summed E-state index contributed by atoms with van der Waals surface area (Å²) in [5, 5.41) is 5.19. The minimum Gasteiger partial charge on any atom is -0.451 e. The molecule has 0 unspecified atom stereocenters. The molecule has 0 fully saturated rings. The Bertz CT molecular complexity index is 647. The zero-order valence-corrected chi connectivity index (χ0v) is 15.9. The van der Waals surface area contributed by atoms with Crippen molar-refractivity contribution in [1.29, 1.82) is 0 Å². The molecule has 1 rings (SSSR count). The number of rotatable bonds is 8. The highest BCUT2D eigenvalue weighted by molar-refractivity contribution is 7.98. The third-order valence-corrected chi connectivity index (χ3v) is 4.06. The van der Waals surface area contributed by atoms with Crippen molar-refractivity contribution < 1.29 is 19.1 Å². The average Bonchev–Trinajstić information content (AvgIpc) is 2.53. The van der Waals surface area contributed by atoms with Gasteiger partial charge in [0.15, 0.2) is 11.9 Å². The molecule has 1 aromatic rings. The van der Waals surface area contributed by atoms with Gasteiger partial charge in [0.1, 0.15) is 6.04 Å². The summed E-state index contributed by atoms with van der Waals surface area (Å²) in [6, 6.07) is -0.368. The summed E-state index contributed by atoms with van der Waals surface area (Å²) in [4.78, 5) is 39.1. The Balaban J connectivity index is 2.67. The molecule has 0 saturated carbocycles. The van der Waals surface area contributed by atoms with Crippen LogP contribution < -0.4 is 16.4 Å². The van der Waals surface area contributed by atoms with Crippen LogP contribution in [0.3, 0.4) is 0 Å². The van der Waals surface area contributed by atoms with E-state index in [1.807, 2.05) is 6.26 Å². The van der Waals surface area contributed by atoms with Gasteiger partial charge in [-0.1, -0.05) is 23.2 Å². The van der Waals surface area contributed by atoms with Crippen LogP contribution in [0.15, 0.2) is 12.3 Å². The number of primary amides is 1. The predicted molar refractivity (Wildman–Crippen MR) is 97.9 cm³/mol. The number of esters is 1. The molecule has 0 aliphatic rings. The highest BCUT2D eigenvalue weighted by Gasteiger charge is 2.26. The number of anilines is 1. The zero-order valence-electron chi connectivity index (χ0n) is 13.5. The third kappa shape index (κ3) is 7.37. The van der Waals surface area contributed by atoms with Crippen molar-refractivity contribution in [3.63, 3.8) is 0 Å². The summed E-state index contributed by atoms with van der Waals surface area (Å²) in [7, 11) is 0. The fourth-order valence-corrected chi connectivity index (χ4v) is 2.59. The number of hydrogen-bond donors (Lipinski definition) is 3. The lowest BCUT2D eigenvalue weighted by atomic mass is 10.2. The first-order valence-electron chi connectivity index (χ1n) is 7.12. The SMILES string of the molecule is CSCC[C@@H](NC(N)=O)C(=O)O[C@@H](C)C(=O)Nc1ncc(Cl)cc1Cl. The number of nitrogens with one attached hydrogen (secondary N) is 2. The lowest BCUT2D eigenvalue weighted by Gasteiger charge is -2.19. The van der Waals surface area contributed by atoms with Crippen LogP contribution in [0.5, 0.6) is 0 Å². The molecule has 1 heterocycles. The predicted octanol–water partition coefficient (Wildman–Crippen LogP) is 2.05. The van der Waals surface area contributed by atoms with Crippen molar-refractivity contribution in [3.05, 3.63) is 22.3 Å². The van der Waals surface area contributed by atoms with Gasteiger partial charge in [-0.25, -0.2) is 14.6 Å². The van der Waals surface area contributed by atoms with E-state index in [1.54, 1.807) is 0 Å². The van der Waals surface area contributed by atoms with Crippen molar-refractivity contribution in [3.8, 4) is 0 Å². The number of nitrogens with zero attached hydrogens (tertiary/aromatic N) is 1. The second kappa shape index (κ2) is 10.3. The maximum Gasteiger partial charge on any atom is 0.329 e. The summed E-state index contributed by atoms with van der Waals surface area (Å²) in [6.07, 6.45) is 2.36. The van der Waals surface area contributed by atoms with E-state index in [-0.39, 0.29) is 10.8 Å². The third-order valence-electron chi connectivity index (χ3n) is 2.92. The number of hydrogen-bond acceptors (Lipinski definition) is 6. The van der Waals surface area contributed by atoms with Gasteiger partial charge in [-0.15, -0.1) is 0 Å². The van der Waals surface area contributed by atoms with Crippen LogP contribution in [-0.2, 0) is 14.3 Å². The quantitative estimate of drug-likeness (QED) is 0.565. The monoisotopic (exact) mass is 408 g/mol. The van der Waals surface area contributed by atoms with Crippen molar-refractivity contribution >= 4 is 58.7 Å². The number of halogens is 2. The molecular formula is C14H18Cl2N4O4S. The van der Waals surface area contributed by atoms with Gasteiger partial charge in [0, 0.05) is 6.20 Å². The zero-order chi connectivity index (χ0) is 19.0. The number of pyridine rings is 1. The topological polar surface area (TPSA) is 123 Å². The van der Waals surface area contributed by atoms with E-state index in [4.69, 9.17) is 33.7 Å². The first-order chi connectivity index (χ1) is 11.7. The van der Waals surface area contributed by atoms with Crippen LogP contribution in [0, 0.1) is 0 Å². The average molecular weight is 409 g/mol. The number of amides is 3. The van der Waals surface area contributed by atoms with Gasteiger partial charge in [-0.3, -0.25) is 4.79 Å². The number of urea groups is 1. The maximum atomic E-state index is 12.1. The number of thioether (sulfide) groups is 1. The Hall–Kier alpha value is -1.71. The molecule has 1 aromatic heterocycles. The Labute approximate surface area is 159 Å². The van der Waals surface area contributed by atoms with E-state index in [0.29, 0.717) is 17.2 Å². The van der Waals surface area contributed by atoms with Crippen molar-refractivity contribution in [2.24, 2.45) is 5.73 Å². The molecule has 0 radical (unpaired) electrons. The minimum absolute atomic E-state index is 0.0909. The standard InChI is InChI=1S/C14H18Cl2N4O4S/c1-7(12(21)20-11-9(16)5-8(15)6-18-11)24-13(22)10(3-4-25-2)19-14(17)23/h5-7,10H,3-4H2,1-2H3,(H3,17,19,23)(H,18,20,21)/t7-,10+/m0/s1. The van der Waals surface area contributed by atoms with Crippen LogP contribution in [0.2, 0.25) is 10.0 Å². The maximum absolute atomic E-state index is 12.1. The molecule has 2 atom stereocenters. The van der Waals surface area contributed by atoms with Crippen molar-refractivity contribution in [2.45, 2.75) is 25.5 Å². The molecule has 138 valence electrons. The Kier molecular flexibility index (Phi) is 8.81. The lowest BCUT2D eigenvalue weighted by molar-refractivity contribution is -0.155. The highest BCUT2D eigenvalue weighted by Crippen LogP contribution is 2.22. The molecule has 0 aliphatic carbocycles. The van der Waals surface area contributed by atoms with E-state index in [1.165, 1.54) is 30.9 Å². The second-order valence-electron chi connectivity index (χ2n) is 4.89. The van der Waals surface area contributed by atoms with Crippen LogP contribution in [0.25, 0.3) is 0 Å². The molecule has 0 aliphatic heterocycles. The number of carbonyl (C=O) groups is 3. The Morgan fingerprint density at radius 3 is 2.64 bits per heavy atom. The molecule has 0 bridgehead atoms. The minimum atomic E-state index is -1.13. The normalized spacial score (nSPS) is 12.8. The van der Waals surface area contributed by atoms with E-state index in [9.17, 15) is 14.4 Å². The van der Waals surface area contributed by atoms with Gasteiger partial charge >= 0.3 is 12.0 Å². The van der Waals surface area contributed by atoms with E-state index in [0.717, 1.165) is 0 Å². The van der Waals surface area contributed by atoms with Gasteiger partial charge in [-0.2, -0.15) is 11.8 Å². The van der Waals surface area contributed by atoms with E-state index >= 15 is 0 Å². The van der Waals surface area contributed by atoms with Crippen LogP contribution in [0.1, 0.15) is 13.3 Å². The molecule has 0 aromatic carbocycles. The number of nitrogens with two attached hydrogens (primary N) is 1. The number of ether oxygens (including phenoxy) is 1. The Morgan fingerprint density at radius 1 is 1.40 bits per heavy atom. The van der Waals surface area contributed by atoms with Gasteiger partial charge in [0.2, 0.25) is 0 Å². The van der Waals surface area contributed by atoms with Gasteiger partial charge in [0.05, 0.1) is 10.0 Å². The molecule has 25 heavy (non-hydrogen) atoms. The molecule has 3 amide bonds. The summed E-state index contributed by atoms with van der Waals surface area (Å²) in [6.45, 7) is 1.38. The molecule has 11 heteroatoms. The molecule has 0 saturated heterocycles. The van der Waals surface area contributed by atoms with Gasteiger partial charge < -0.3 is 21.1 Å². The molecule has 8 nitrogen and oxygen atoms in total. The van der Waals surface area contributed by atoms with E-state index < -0.39 is 30.1 Å². The van der Waals surface area contributed by atoms with Crippen LogP contribution in [-0.4, -0.2) is 47.0 Å². The van der Waals surface area contributed by atoms with Crippen LogP contribution >= 0.6 is 35.0 Å². The lowest BCUT2D eigenvalue weighted by Crippen LogP contribution is -2.46. The summed E-state index contributed by atoms with van der Waals surface area (Å²) in [5.41, 5.74) is 5.05. The summed E-state index contributed by atoms with van der Waals surface area (Å²) in [5.74, 6) is -0.697. The van der Waals surface area contributed by atoms with Gasteiger partial charge in [-0.05, 0) is 31.4 Å².